The number of benzene rings is 1. The number of methoxy groups -OCH3 is 1. The molecule has 0 aromatic heterocycles. The molecular formula is C10H12BrN3O2S. The molecule has 3 N–H and O–H groups in total. The van der Waals surface area contributed by atoms with E-state index in [1.165, 1.54) is 25.1 Å². The van der Waals surface area contributed by atoms with Crippen molar-refractivity contribution in [2.45, 2.75) is 0 Å². The largest absolute Gasteiger partial charge is 0.503 e. The van der Waals surface area contributed by atoms with Crippen LogP contribution in [-0.2, 0) is 0 Å². The lowest BCUT2D eigenvalue weighted by Crippen LogP contribution is -2.03. The van der Waals surface area contributed by atoms with Gasteiger partial charge in [-0.05, 0) is 39.9 Å². The van der Waals surface area contributed by atoms with E-state index in [4.69, 9.17) is 10.5 Å². The molecule has 1 aromatic carbocycles. The van der Waals surface area contributed by atoms with E-state index in [0.717, 1.165) is 5.56 Å². The van der Waals surface area contributed by atoms with Crippen molar-refractivity contribution < 1.29 is 9.84 Å². The lowest BCUT2D eigenvalue weighted by molar-refractivity contribution is 0.372. The van der Waals surface area contributed by atoms with Crippen molar-refractivity contribution in [3.05, 3.63) is 22.2 Å². The molecule has 0 aliphatic carbocycles. The molecular weight excluding hydrogens is 306 g/mol. The van der Waals surface area contributed by atoms with Crippen molar-refractivity contribution in [1.82, 2.24) is 0 Å². The summed E-state index contributed by atoms with van der Waals surface area (Å²) in [5.74, 6) is 0.416. The first kappa shape index (κ1) is 13.9. The first-order valence-electron chi connectivity index (χ1n) is 4.55. The average Bonchev–Trinajstić information content (AvgIpc) is 2.33. The van der Waals surface area contributed by atoms with E-state index in [-0.39, 0.29) is 5.75 Å². The van der Waals surface area contributed by atoms with Crippen LogP contribution in [0, 0.1) is 0 Å². The van der Waals surface area contributed by atoms with Gasteiger partial charge in [-0.2, -0.15) is 5.10 Å². The molecule has 0 heterocycles. The third kappa shape index (κ3) is 3.94. The Kier molecular flexibility index (Phi) is 5.30. The van der Waals surface area contributed by atoms with E-state index < -0.39 is 0 Å². The van der Waals surface area contributed by atoms with E-state index in [1.807, 2.05) is 6.26 Å². The number of rotatable bonds is 3. The summed E-state index contributed by atoms with van der Waals surface area (Å²) >= 11 is 4.53. The highest BCUT2D eigenvalue weighted by atomic mass is 79.9. The van der Waals surface area contributed by atoms with Crippen molar-refractivity contribution in [2.24, 2.45) is 15.9 Å². The number of phenols is 1. The van der Waals surface area contributed by atoms with Crippen LogP contribution in [0.1, 0.15) is 5.56 Å². The van der Waals surface area contributed by atoms with Gasteiger partial charge in [0.25, 0.3) is 0 Å². The highest BCUT2D eigenvalue weighted by Gasteiger charge is 2.07. The van der Waals surface area contributed by atoms with E-state index >= 15 is 0 Å². The summed E-state index contributed by atoms with van der Waals surface area (Å²) in [6.07, 6.45) is 3.34. The van der Waals surface area contributed by atoms with Crippen LogP contribution in [0.5, 0.6) is 11.5 Å². The molecule has 0 unspecified atom stereocenters. The molecule has 5 nitrogen and oxygen atoms in total. The molecule has 7 heteroatoms. The first-order valence-corrected chi connectivity index (χ1v) is 6.57. The quantitative estimate of drug-likeness (QED) is 0.508. The summed E-state index contributed by atoms with van der Waals surface area (Å²) in [4.78, 5) is 0. The fourth-order valence-electron chi connectivity index (χ4n) is 1.02. The van der Waals surface area contributed by atoms with Gasteiger partial charge in [-0.1, -0.05) is 11.8 Å². The van der Waals surface area contributed by atoms with Gasteiger partial charge in [-0.3, -0.25) is 0 Å². The van der Waals surface area contributed by atoms with Crippen molar-refractivity contribution in [2.75, 3.05) is 13.4 Å². The van der Waals surface area contributed by atoms with E-state index in [2.05, 4.69) is 26.1 Å². The fraction of sp³-hybridized carbons (Fsp3) is 0.200. The molecule has 0 saturated heterocycles. The minimum Gasteiger partial charge on any atom is -0.503 e. The van der Waals surface area contributed by atoms with Crippen LogP contribution in [0.3, 0.4) is 0 Å². The van der Waals surface area contributed by atoms with Gasteiger partial charge in [-0.15, -0.1) is 5.10 Å². The van der Waals surface area contributed by atoms with Crippen molar-refractivity contribution in [1.29, 1.82) is 0 Å². The number of phenolic OH excluding ortho intramolecular Hbond substituents is 1. The third-order valence-electron chi connectivity index (χ3n) is 1.84. The molecule has 0 radical (unpaired) electrons. The van der Waals surface area contributed by atoms with Gasteiger partial charge in [-0.25, -0.2) is 0 Å². The Bertz CT molecular complexity index is 463. The molecule has 0 amide bonds. The van der Waals surface area contributed by atoms with Crippen LogP contribution >= 0.6 is 27.7 Å². The van der Waals surface area contributed by atoms with Crippen LogP contribution in [-0.4, -0.2) is 29.9 Å². The number of aromatic hydroxyl groups is 1. The number of hydrogen-bond donors (Lipinski definition) is 2. The maximum atomic E-state index is 9.61. The second-order valence-corrected chi connectivity index (χ2v) is 4.62. The summed E-state index contributed by atoms with van der Waals surface area (Å²) in [5, 5.41) is 17.6. The highest BCUT2D eigenvalue weighted by Crippen LogP contribution is 2.34. The lowest BCUT2D eigenvalue weighted by Gasteiger charge is -2.05. The predicted octanol–water partition coefficient (Wildman–Crippen LogP) is 2.17. The minimum atomic E-state index is 0.0526. The SMILES string of the molecule is COc1cc(/C=N\N=C(N)SC)cc(Br)c1O. The molecule has 0 aliphatic heterocycles. The molecule has 1 aromatic rings. The molecule has 1 rings (SSSR count). The number of amidine groups is 1. The Morgan fingerprint density at radius 2 is 2.29 bits per heavy atom. The third-order valence-corrected chi connectivity index (χ3v) is 2.95. The average molecular weight is 318 g/mol. The molecule has 0 saturated carbocycles. The van der Waals surface area contributed by atoms with Crippen LogP contribution in [0.4, 0.5) is 0 Å². The number of nitrogens with two attached hydrogens (primary N) is 1. The zero-order valence-electron chi connectivity index (χ0n) is 9.35. The molecule has 92 valence electrons. The summed E-state index contributed by atoms with van der Waals surface area (Å²) in [6, 6.07) is 3.35. The Hall–Kier alpha value is -1.21. The molecule has 0 fully saturated rings. The van der Waals surface area contributed by atoms with E-state index in [1.54, 1.807) is 12.1 Å². The second-order valence-electron chi connectivity index (χ2n) is 2.94. The summed E-state index contributed by atoms with van der Waals surface area (Å²) in [5.41, 5.74) is 6.21. The molecule has 17 heavy (non-hydrogen) atoms. The number of hydrogen-bond acceptors (Lipinski definition) is 5. The van der Waals surface area contributed by atoms with Gasteiger partial charge in [0.15, 0.2) is 16.7 Å². The van der Waals surface area contributed by atoms with Crippen LogP contribution in [0.25, 0.3) is 0 Å². The van der Waals surface area contributed by atoms with E-state index in [0.29, 0.717) is 15.4 Å². The van der Waals surface area contributed by atoms with Crippen molar-refractivity contribution in [3.8, 4) is 11.5 Å². The number of thioether (sulfide) groups is 1. The molecule has 0 spiro atoms. The number of ether oxygens (including phenoxy) is 1. The van der Waals surface area contributed by atoms with Crippen molar-refractivity contribution >= 4 is 39.1 Å². The second kappa shape index (κ2) is 6.51. The van der Waals surface area contributed by atoms with Gasteiger partial charge in [0.1, 0.15) is 0 Å². The van der Waals surface area contributed by atoms with Gasteiger partial charge in [0, 0.05) is 0 Å². The summed E-state index contributed by atoms with van der Waals surface area (Å²) in [7, 11) is 1.48. The van der Waals surface area contributed by atoms with Gasteiger partial charge < -0.3 is 15.6 Å². The Balaban J connectivity index is 2.96. The predicted molar refractivity (Wildman–Crippen MR) is 75.1 cm³/mol. The highest BCUT2D eigenvalue weighted by molar-refractivity contribution is 9.10. The normalized spacial score (nSPS) is 12.1. The number of nitrogens with zero attached hydrogens (tertiary/aromatic N) is 2. The standard InChI is InChI=1S/C10H12BrN3O2S/c1-16-8-4-6(3-7(11)9(8)15)5-13-14-10(12)17-2/h3-5,15H,1-2H3,(H2,12,14)/b13-5-. The van der Waals surface area contributed by atoms with Crippen LogP contribution in [0.2, 0.25) is 0 Å². The smallest absolute Gasteiger partial charge is 0.180 e. The summed E-state index contributed by atoms with van der Waals surface area (Å²) in [6.45, 7) is 0. The summed E-state index contributed by atoms with van der Waals surface area (Å²) < 4.78 is 5.54. The molecule has 0 atom stereocenters. The lowest BCUT2D eigenvalue weighted by atomic mass is 10.2. The Morgan fingerprint density at radius 3 is 2.88 bits per heavy atom. The molecule has 0 bridgehead atoms. The van der Waals surface area contributed by atoms with E-state index in [9.17, 15) is 5.11 Å². The Labute approximate surface area is 112 Å². The number of halogens is 1. The minimum absolute atomic E-state index is 0.0526. The Morgan fingerprint density at radius 1 is 1.59 bits per heavy atom. The van der Waals surface area contributed by atoms with Crippen molar-refractivity contribution in [3.63, 3.8) is 0 Å². The monoisotopic (exact) mass is 317 g/mol. The van der Waals surface area contributed by atoms with Crippen LogP contribution in [0.15, 0.2) is 26.8 Å². The van der Waals surface area contributed by atoms with Gasteiger partial charge in [0.2, 0.25) is 0 Å². The fourth-order valence-corrected chi connectivity index (χ4v) is 1.61. The van der Waals surface area contributed by atoms with Gasteiger partial charge in [0.05, 0.1) is 17.8 Å². The maximum absolute atomic E-state index is 9.61. The maximum Gasteiger partial charge on any atom is 0.180 e. The molecule has 0 aliphatic rings. The van der Waals surface area contributed by atoms with Crippen LogP contribution < -0.4 is 10.5 Å². The zero-order valence-corrected chi connectivity index (χ0v) is 11.7. The van der Waals surface area contributed by atoms with Gasteiger partial charge >= 0.3 is 0 Å². The first-order chi connectivity index (χ1) is 8.08. The zero-order chi connectivity index (χ0) is 12.8. The topological polar surface area (TPSA) is 80.2 Å².